The van der Waals surface area contributed by atoms with Gasteiger partial charge in [0.05, 0.1) is 26.4 Å². The average Bonchev–Trinajstić information content (AvgIpc) is 2.76. The molecular weight excluding hydrogens is 492 g/mol. The number of rotatable bonds is 12. The number of carbonyl (C=O) groups is 4. The fourth-order valence-corrected chi connectivity index (χ4v) is 3.65. The number of esters is 3. The third kappa shape index (κ3) is 11.7. The lowest BCUT2D eigenvalue weighted by molar-refractivity contribution is -0.279. The third-order valence-electron chi connectivity index (χ3n) is 4.87. The number of carbonyl (C=O) groups excluding carboxylic acids is 4. The second-order valence-corrected chi connectivity index (χ2v) is 8.67. The number of hydrogen-bond donors (Lipinski definition) is 1. The van der Waals surface area contributed by atoms with E-state index in [1.54, 1.807) is 0 Å². The highest BCUT2D eigenvalue weighted by Gasteiger charge is 2.51. The number of guanidine groups is 1. The molecule has 0 spiro atoms. The van der Waals surface area contributed by atoms with Crippen molar-refractivity contribution in [2.75, 3.05) is 61.2 Å². The normalized spacial score (nSPS) is 22.9. The molecule has 1 rings (SSSR count). The number of nitrogens with zero attached hydrogens (tertiary/aromatic N) is 3. The Morgan fingerprint density at radius 3 is 1.95 bits per heavy atom. The first-order valence-electron chi connectivity index (χ1n) is 11.8. The lowest BCUT2D eigenvalue weighted by Crippen LogP contribution is -2.66. The molecule has 1 amide bonds. The molecule has 0 radical (unpaired) electrons. The standard InChI is InChI=1S/C23H40N4O10/c1-14(28)25-19-21(36-17(4)31)20(35-16(3)30)18(13-34-15(2)29)37-22(19)33-12-11-32-10-9-24-23(26(5)6)27(7)8/h18-22H,9-13H2,1-8H3,(H,25,28). The van der Waals surface area contributed by atoms with Gasteiger partial charge in [-0.15, -0.1) is 0 Å². The summed E-state index contributed by atoms with van der Waals surface area (Å²) in [5, 5.41) is 2.64. The van der Waals surface area contributed by atoms with E-state index >= 15 is 0 Å². The molecular formula is C23H40N4O10. The van der Waals surface area contributed by atoms with E-state index in [1.165, 1.54) is 27.7 Å². The summed E-state index contributed by atoms with van der Waals surface area (Å²) in [6.45, 7) is 5.55. The summed E-state index contributed by atoms with van der Waals surface area (Å²) >= 11 is 0. The highest BCUT2D eigenvalue weighted by Crippen LogP contribution is 2.28. The van der Waals surface area contributed by atoms with Gasteiger partial charge in [0.25, 0.3) is 0 Å². The fraction of sp³-hybridized carbons (Fsp3) is 0.783. The maximum Gasteiger partial charge on any atom is 0.303 e. The lowest BCUT2D eigenvalue weighted by atomic mass is 9.96. The van der Waals surface area contributed by atoms with Crippen LogP contribution in [0, 0.1) is 0 Å². The largest absolute Gasteiger partial charge is 0.463 e. The van der Waals surface area contributed by atoms with Gasteiger partial charge in [-0.05, 0) is 0 Å². The van der Waals surface area contributed by atoms with Gasteiger partial charge in [-0.3, -0.25) is 24.2 Å². The van der Waals surface area contributed by atoms with E-state index in [0.717, 1.165) is 5.96 Å². The number of amides is 1. The molecule has 0 aliphatic carbocycles. The van der Waals surface area contributed by atoms with Crippen molar-refractivity contribution in [1.82, 2.24) is 15.1 Å². The van der Waals surface area contributed by atoms with Gasteiger partial charge in [0.15, 0.2) is 24.5 Å². The van der Waals surface area contributed by atoms with E-state index < -0.39 is 54.5 Å². The number of hydrogen-bond acceptors (Lipinski definition) is 11. The van der Waals surface area contributed by atoms with Crippen LogP contribution in [0.4, 0.5) is 0 Å². The van der Waals surface area contributed by atoms with Crippen molar-refractivity contribution in [2.24, 2.45) is 4.99 Å². The van der Waals surface area contributed by atoms with Crippen LogP contribution in [-0.4, -0.2) is 131 Å². The molecule has 0 aromatic rings. The number of nitrogens with one attached hydrogen (secondary N) is 1. The van der Waals surface area contributed by atoms with E-state index in [4.69, 9.17) is 28.4 Å². The Labute approximate surface area is 217 Å². The van der Waals surface area contributed by atoms with Crippen LogP contribution < -0.4 is 5.32 Å². The highest BCUT2D eigenvalue weighted by atomic mass is 16.7. The monoisotopic (exact) mass is 532 g/mol. The van der Waals surface area contributed by atoms with Gasteiger partial charge in [0.2, 0.25) is 5.91 Å². The van der Waals surface area contributed by atoms with Gasteiger partial charge < -0.3 is 43.5 Å². The predicted octanol–water partition coefficient (Wildman–Crippen LogP) is -0.845. The first kappa shape index (κ1) is 32.1. The minimum atomic E-state index is -1.17. The van der Waals surface area contributed by atoms with Crippen molar-refractivity contribution in [3.05, 3.63) is 0 Å². The van der Waals surface area contributed by atoms with E-state index in [1.807, 2.05) is 38.0 Å². The first-order valence-corrected chi connectivity index (χ1v) is 11.8. The topological polar surface area (TPSA) is 155 Å². The minimum Gasteiger partial charge on any atom is -0.463 e. The second-order valence-electron chi connectivity index (χ2n) is 8.67. The van der Waals surface area contributed by atoms with E-state index in [-0.39, 0.29) is 19.8 Å². The summed E-state index contributed by atoms with van der Waals surface area (Å²) in [5.74, 6) is -1.60. The SMILES string of the molecule is CC(=O)NC1C(OCCOCCN=C(N(C)C)N(C)C)OC(COC(C)=O)C(OC(C)=O)C1OC(C)=O. The first-order chi connectivity index (χ1) is 17.3. The summed E-state index contributed by atoms with van der Waals surface area (Å²) in [6.07, 6.45) is -4.50. The summed E-state index contributed by atoms with van der Waals surface area (Å²) in [6, 6.07) is -1.02. The van der Waals surface area contributed by atoms with Crippen molar-refractivity contribution >= 4 is 29.8 Å². The molecule has 37 heavy (non-hydrogen) atoms. The zero-order valence-corrected chi connectivity index (χ0v) is 22.8. The molecule has 1 heterocycles. The minimum absolute atomic E-state index is 0.0595. The van der Waals surface area contributed by atoms with Gasteiger partial charge in [0.1, 0.15) is 18.8 Å². The Morgan fingerprint density at radius 1 is 0.838 bits per heavy atom. The summed E-state index contributed by atoms with van der Waals surface area (Å²) in [5.41, 5.74) is 0. The fourth-order valence-electron chi connectivity index (χ4n) is 3.65. The quantitative estimate of drug-likeness (QED) is 0.109. The molecule has 0 bridgehead atoms. The van der Waals surface area contributed by atoms with Gasteiger partial charge in [0, 0.05) is 55.9 Å². The van der Waals surface area contributed by atoms with Crippen LogP contribution in [-0.2, 0) is 47.6 Å². The number of ether oxygens (including phenoxy) is 6. The Hall–Kier alpha value is -2.97. The van der Waals surface area contributed by atoms with Crippen LogP contribution in [0.3, 0.4) is 0 Å². The zero-order valence-electron chi connectivity index (χ0n) is 22.8. The number of aliphatic imine (C=N–C) groups is 1. The molecule has 0 aromatic carbocycles. The molecule has 5 atom stereocenters. The Bertz CT molecular complexity index is 794. The molecule has 0 aromatic heterocycles. The molecule has 14 nitrogen and oxygen atoms in total. The van der Waals surface area contributed by atoms with Gasteiger partial charge in [-0.1, -0.05) is 0 Å². The van der Waals surface area contributed by atoms with Crippen molar-refractivity contribution in [1.29, 1.82) is 0 Å². The van der Waals surface area contributed by atoms with Crippen LogP contribution in [0.1, 0.15) is 27.7 Å². The maximum atomic E-state index is 11.9. The van der Waals surface area contributed by atoms with Crippen LogP contribution in [0.25, 0.3) is 0 Å². The second kappa shape index (κ2) is 16.0. The molecule has 1 aliphatic rings. The van der Waals surface area contributed by atoms with Gasteiger partial charge in [-0.25, -0.2) is 0 Å². The predicted molar refractivity (Wildman–Crippen MR) is 130 cm³/mol. The molecule has 5 unspecified atom stereocenters. The highest BCUT2D eigenvalue weighted by molar-refractivity contribution is 5.79. The van der Waals surface area contributed by atoms with Gasteiger partial charge >= 0.3 is 17.9 Å². The Balaban J connectivity index is 2.93. The summed E-state index contributed by atoms with van der Waals surface area (Å²) < 4.78 is 33.1. The van der Waals surface area contributed by atoms with Crippen molar-refractivity contribution in [3.8, 4) is 0 Å². The Morgan fingerprint density at radius 2 is 1.43 bits per heavy atom. The van der Waals surface area contributed by atoms with E-state index in [2.05, 4.69) is 10.3 Å². The van der Waals surface area contributed by atoms with Crippen LogP contribution in [0.5, 0.6) is 0 Å². The summed E-state index contributed by atoms with van der Waals surface area (Å²) in [4.78, 5) is 55.2. The maximum absolute atomic E-state index is 11.9. The molecule has 1 fully saturated rings. The molecule has 1 saturated heterocycles. The van der Waals surface area contributed by atoms with Gasteiger partial charge in [-0.2, -0.15) is 0 Å². The van der Waals surface area contributed by atoms with Crippen LogP contribution in [0.15, 0.2) is 4.99 Å². The molecule has 14 heteroatoms. The molecule has 212 valence electrons. The smallest absolute Gasteiger partial charge is 0.303 e. The zero-order chi connectivity index (χ0) is 28.1. The van der Waals surface area contributed by atoms with Crippen LogP contribution >= 0.6 is 0 Å². The molecule has 1 N–H and O–H groups in total. The summed E-state index contributed by atoms with van der Waals surface area (Å²) in [7, 11) is 7.58. The third-order valence-corrected chi connectivity index (χ3v) is 4.87. The lowest BCUT2D eigenvalue weighted by Gasteiger charge is -2.44. The van der Waals surface area contributed by atoms with Crippen molar-refractivity contribution in [2.45, 2.75) is 58.3 Å². The van der Waals surface area contributed by atoms with Crippen LogP contribution in [0.2, 0.25) is 0 Å². The van der Waals surface area contributed by atoms with E-state index in [0.29, 0.717) is 13.2 Å². The van der Waals surface area contributed by atoms with E-state index in [9.17, 15) is 19.2 Å². The molecule has 1 aliphatic heterocycles. The Kier molecular flexibility index (Phi) is 13.9. The van der Waals surface area contributed by atoms with Crippen molar-refractivity contribution in [3.63, 3.8) is 0 Å². The molecule has 0 saturated carbocycles. The van der Waals surface area contributed by atoms with Crippen molar-refractivity contribution < 1.29 is 47.6 Å². The average molecular weight is 533 g/mol.